The molecule has 4 aliphatic carbocycles. The van der Waals surface area contributed by atoms with Crippen molar-refractivity contribution in [3.8, 4) is 0 Å². The third-order valence-corrected chi connectivity index (χ3v) is 10.5. The minimum Gasteiger partial charge on any atom is -0.469 e. The van der Waals surface area contributed by atoms with E-state index in [2.05, 4.69) is 40.7 Å². The van der Waals surface area contributed by atoms with Crippen molar-refractivity contribution in [3.63, 3.8) is 0 Å². The molecule has 0 aromatic carbocycles. The largest absolute Gasteiger partial charge is 0.469 e. The Kier molecular flexibility index (Phi) is 5.70. The van der Waals surface area contributed by atoms with Gasteiger partial charge in [-0.25, -0.2) is 0 Å². The lowest BCUT2D eigenvalue weighted by Gasteiger charge is -2.63. The predicted octanol–water partition coefficient (Wildman–Crippen LogP) is 6.15. The minimum atomic E-state index is -0.467. The number of hydrogen-bond donors (Lipinski definition) is 1. The summed E-state index contributed by atoms with van der Waals surface area (Å²) in [6.45, 7) is 12.0. The van der Waals surface area contributed by atoms with Gasteiger partial charge < -0.3 is 9.84 Å². The van der Waals surface area contributed by atoms with E-state index < -0.39 is 5.60 Å². The number of fused-ring (bicyclic) bond motifs is 5. The lowest BCUT2D eigenvalue weighted by Crippen LogP contribution is -2.57. The van der Waals surface area contributed by atoms with Crippen molar-refractivity contribution in [1.82, 2.24) is 0 Å². The maximum Gasteiger partial charge on any atom is 0.305 e. The molecule has 9 atom stereocenters. The van der Waals surface area contributed by atoms with Gasteiger partial charge >= 0.3 is 5.97 Å². The fourth-order valence-electron chi connectivity index (χ4n) is 8.83. The Balaban J connectivity index is 1.53. The molecular weight excluding hydrogens is 372 g/mol. The summed E-state index contributed by atoms with van der Waals surface area (Å²) in [5, 5.41) is 10.8. The first-order valence-corrected chi connectivity index (χ1v) is 12.5. The highest BCUT2D eigenvalue weighted by atomic mass is 16.5. The molecule has 0 aliphatic heterocycles. The zero-order valence-corrected chi connectivity index (χ0v) is 20.2. The van der Waals surface area contributed by atoms with Crippen molar-refractivity contribution in [2.24, 2.45) is 46.3 Å². The highest BCUT2D eigenvalue weighted by Gasteiger charge is 2.61. The fourth-order valence-corrected chi connectivity index (χ4v) is 8.83. The minimum absolute atomic E-state index is 0.0842. The average molecular weight is 417 g/mol. The molecule has 3 heteroatoms. The second kappa shape index (κ2) is 7.64. The van der Waals surface area contributed by atoms with Crippen molar-refractivity contribution < 1.29 is 14.6 Å². The van der Waals surface area contributed by atoms with Gasteiger partial charge in [0.25, 0.3) is 0 Å². The quantitative estimate of drug-likeness (QED) is 0.441. The Morgan fingerprint density at radius 1 is 1.20 bits per heavy atom. The third kappa shape index (κ3) is 3.48. The Morgan fingerprint density at radius 3 is 2.63 bits per heavy atom. The van der Waals surface area contributed by atoms with E-state index in [4.69, 9.17) is 4.74 Å². The summed E-state index contributed by atoms with van der Waals surface area (Å²) in [6.07, 6.45) is 12.3. The van der Waals surface area contributed by atoms with Crippen LogP contribution in [0.5, 0.6) is 0 Å². The molecule has 0 aromatic heterocycles. The molecule has 3 saturated carbocycles. The average Bonchev–Trinajstić information content (AvgIpc) is 3.05. The number of ether oxygens (including phenoxy) is 1. The second-order valence-electron chi connectivity index (χ2n) is 12.3. The molecule has 30 heavy (non-hydrogen) atoms. The zero-order chi connectivity index (χ0) is 21.9. The van der Waals surface area contributed by atoms with E-state index in [0.29, 0.717) is 35.0 Å². The van der Waals surface area contributed by atoms with Gasteiger partial charge in [0.1, 0.15) is 0 Å². The summed E-state index contributed by atoms with van der Waals surface area (Å²) in [5.41, 5.74) is 1.86. The van der Waals surface area contributed by atoms with Crippen LogP contribution in [0.2, 0.25) is 0 Å². The van der Waals surface area contributed by atoms with Gasteiger partial charge in [-0.05, 0) is 105 Å². The molecule has 170 valence electrons. The van der Waals surface area contributed by atoms with E-state index >= 15 is 0 Å². The van der Waals surface area contributed by atoms with Crippen LogP contribution in [0.1, 0.15) is 92.4 Å². The highest BCUT2D eigenvalue weighted by Crippen LogP contribution is 2.68. The van der Waals surface area contributed by atoms with Gasteiger partial charge in [0, 0.05) is 6.42 Å². The number of methoxy groups -OCH3 is 1. The van der Waals surface area contributed by atoms with Crippen molar-refractivity contribution in [1.29, 1.82) is 0 Å². The van der Waals surface area contributed by atoms with E-state index in [9.17, 15) is 9.90 Å². The van der Waals surface area contributed by atoms with Crippen LogP contribution in [0.25, 0.3) is 0 Å². The molecule has 0 unspecified atom stereocenters. The summed E-state index contributed by atoms with van der Waals surface area (Å²) in [5.74, 6) is 4.12. The number of allylic oxidation sites excluding steroid dienone is 2. The SMILES string of the molecule is COC(=O)CC[C@@H](C)C1=CC[C@H]2[C@@H]3C[C@@H](C)[C@H]4C[C@@](C)(O)CC[C@]4(C)[C@H]3CC[C@]12C. The van der Waals surface area contributed by atoms with Crippen LogP contribution in [-0.2, 0) is 9.53 Å². The molecule has 3 nitrogen and oxygen atoms in total. The van der Waals surface area contributed by atoms with Gasteiger partial charge in [-0.2, -0.15) is 0 Å². The summed E-state index contributed by atoms with van der Waals surface area (Å²) in [7, 11) is 1.49. The van der Waals surface area contributed by atoms with Crippen LogP contribution < -0.4 is 0 Å². The van der Waals surface area contributed by atoms with E-state index in [1.807, 2.05) is 0 Å². The van der Waals surface area contributed by atoms with E-state index in [1.54, 1.807) is 5.57 Å². The Hall–Kier alpha value is -0.830. The van der Waals surface area contributed by atoms with E-state index in [-0.39, 0.29) is 5.97 Å². The number of carbonyl (C=O) groups is 1. The fraction of sp³-hybridized carbons (Fsp3) is 0.889. The van der Waals surface area contributed by atoms with Gasteiger partial charge in [0.05, 0.1) is 12.7 Å². The normalized spacial score (nSPS) is 48.8. The number of esters is 1. The second-order valence-corrected chi connectivity index (χ2v) is 12.3. The number of hydrogen-bond acceptors (Lipinski definition) is 3. The smallest absolute Gasteiger partial charge is 0.305 e. The molecule has 0 radical (unpaired) electrons. The summed E-state index contributed by atoms with van der Waals surface area (Å²) >= 11 is 0. The monoisotopic (exact) mass is 416 g/mol. The molecule has 4 aliphatic rings. The molecule has 0 amide bonds. The number of aliphatic hydroxyl groups is 1. The lowest BCUT2D eigenvalue weighted by molar-refractivity contribution is -0.160. The molecule has 4 rings (SSSR count). The van der Waals surface area contributed by atoms with Crippen LogP contribution >= 0.6 is 0 Å². The molecule has 0 saturated heterocycles. The Bertz CT molecular complexity index is 709. The first kappa shape index (κ1) is 22.4. The molecule has 0 bridgehead atoms. The molecular formula is C27H44O3. The standard InChI is InChI=1S/C27H44O3/c1-17(7-10-24(28)30-6)20-8-9-21-19-15-18(2)23-16-25(3,29)13-14-27(23,5)22(19)11-12-26(20,21)4/h8,17-19,21-23,29H,7,9-16H2,1-6H3/t17-,18-,19+,21+,22+,23-,25+,26-,27-/m1/s1. The van der Waals surface area contributed by atoms with E-state index in [1.165, 1.54) is 39.2 Å². The van der Waals surface area contributed by atoms with Crippen molar-refractivity contribution in [3.05, 3.63) is 11.6 Å². The third-order valence-electron chi connectivity index (χ3n) is 10.5. The van der Waals surface area contributed by atoms with Crippen LogP contribution in [0.15, 0.2) is 11.6 Å². The topological polar surface area (TPSA) is 46.5 Å². The Morgan fingerprint density at radius 2 is 1.93 bits per heavy atom. The van der Waals surface area contributed by atoms with Crippen molar-refractivity contribution in [2.75, 3.05) is 7.11 Å². The van der Waals surface area contributed by atoms with Crippen molar-refractivity contribution >= 4 is 5.97 Å². The number of carbonyl (C=O) groups excluding carboxylic acids is 1. The van der Waals surface area contributed by atoms with Gasteiger partial charge in [-0.3, -0.25) is 4.79 Å². The Labute approximate surface area is 184 Å². The summed E-state index contributed by atoms with van der Waals surface area (Å²) in [6, 6.07) is 0. The van der Waals surface area contributed by atoms with Gasteiger partial charge in [0.15, 0.2) is 0 Å². The van der Waals surface area contributed by atoms with Gasteiger partial charge in [0.2, 0.25) is 0 Å². The van der Waals surface area contributed by atoms with Crippen molar-refractivity contribution in [2.45, 2.75) is 98.0 Å². The van der Waals surface area contributed by atoms with Crippen LogP contribution in [0.3, 0.4) is 0 Å². The summed E-state index contributed by atoms with van der Waals surface area (Å²) in [4.78, 5) is 11.7. The van der Waals surface area contributed by atoms with Crippen LogP contribution in [0, 0.1) is 46.3 Å². The van der Waals surface area contributed by atoms with Crippen LogP contribution in [-0.4, -0.2) is 23.8 Å². The molecule has 0 aromatic rings. The predicted molar refractivity (Wildman–Crippen MR) is 121 cm³/mol. The van der Waals surface area contributed by atoms with Crippen LogP contribution in [0.4, 0.5) is 0 Å². The molecule has 3 fully saturated rings. The summed E-state index contributed by atoms with van der Waals surface area (Å²) < 4.78 is 4.88. The van der Waals surface area contributed by atoms with Gasteiger partial charge in [-0.15, -0.1) is 0 Å². The lowest BCUT2D eigenvalue weighted by atomic mass is 9.42. The molecule has 0 spiro atoms. The molecule has 1 N–H and O–H groups in total. The maximum absolute atomic E-state index is 11.7. The first-order valence-electron chi connectivity index (χ1n) is 12.5. The molecule has 0 heterocycles. The highest BCUT2D eigenvalue weighted by molar-refractivity contribution is 5.69. The number of rotatable bonds is 4. The van der Waals surface area contributed by atoms with E-state index in [0.717, 1.165) is 37.0 Å². The maximum atomic E-state index is 11.7. The van der Waals surface area contributed by atoms with Gasteiger partial charge in [-0.1, -0.05) is 39.3 Å². The first-order chi connectivity index (χ1) is 14.0. The zero-order valence-electron chi connectivity index (χ0n) is 20.2.